The molecule has 0 aromatic heterocycles. The molecule has 19 heavy (non-hydrogen) atoms. The number of primary sulfonamides is 1. The van der Waals surface area contributed by atoms with Gasteiger partial charge in [0.2, 0.25) is 10.0 Å². The van der Waals surface area contributed by atoms with E-state index in [0.717, 1.165) is 25.7 Å². The van der Waals surface area contributed by atoms with Gasteiger partial charge in [0.25, 0.3) is 0 Å². The lowest BCUT2D eigenvalue weighted by atomic mass is 10.2. The summed E-state index contributed by atoms with van der Waals surface area (Å²) in [6.45, 7) is 4.27. The predicted octanol–water partition coefficient (Wildman–Crippen LogP) is 3.22. The van der Waals surface area contributed by atoms with E-state index < -0.39 is 10.0 Å². The summed E-state index contributed by atoms with van der Waals surface area (Å²) in [5.74, 6) is 0.621. The number of unbranched alkanes of at least 4 members (excludes halogenated alkanes) is 3. The molecule has 0 fully saturated rings. The Labute approximate surface area is 122 Å². The highest BCUT2D eigenvalue weighted by atomic mass is 79.9. The van der Waals surface area contributed by atoms with Crippen molar-refractivity contribution in [3.05, 3.63) is 35.3 Å². The van der Waals surface area contributed by atoms with Crippen molar-refractivity contribution in [2.75, 3.05) is 6.61 Å². The van der Waals surface area contributed by atoms with Crippen molar-refractivity contribution < 1.29 is 13.2 Å². The van der Waals surface area contributed by atoms with Crippen LogP contribution in [0.3, 0.4) is 0 Å². The van der Waals surface area contributed by atoms with Crippen molar-refractivity contribution in [3.63, 3.8) is 0 Å². The van der Waals surface area contributed by atoms with Crippen LogP contribution < -0.4 is 9.88 Å². The Hall–Kier alpha value is -0.850. The summed E-state index contributed by atoms with van der Waals surface area (Å²) in [7, 11) is -3.67. The zero-order chi connectivity index (χ0) is 14.3. The molecule has 1 aromatic rings. The fraction of sp³-hybridized carbons (Fsp3) is 0.385. The third-order valence-electron chi connectivity index (χ3n) is 2.54. The third kappa shape index (κ3) is 5.76. The molecule has 6 heteroatoms. The van der Waals surface area contributed by atoms with E-state index in [2.05, 4.69) is 22.5 Å². The Morgan fingerprint density at radius 1 is 1.32 bits per heavy atom. The zero-order valence-electron chi connectivity index (χ0n) is 10.6. The molecule has 1 aromatic carbocycles. The number of halogens is 1. The third-order valence-corrected chi connectivity index (χ3v) is 4.07. The molecule has 0 saturated carbocycles. The van der Waals surface area contributed by atoms with E-state index in [1.165, 1.54) is 12.1 Å². The molecule has 0 heterocycles. The normalized spacial score (nSPS) is 11.3. The maximum absolute atomic E-state index is 11.2. The molecule has 0 aliphatic rings. The number of rotatable bonds is 8. The maximum atomic E-state index is 11.2. The van der Waals surface area contributed by atoms with Gasteiger partial charge >= 0.3 is 0 Å². The SMILES string of the molecule is C=CCCCCCOc1ccc(S(N)(=O)=O)cc1Br. The molecule has 0 aliphatic heterocycles. The first kappa shape index (κ1) is 16.2. The molecular weight excluding hydrogens is 330 g/mol. The second-order valence-electron chi connectivity index (χ2n) is 4.12. The van der Waals surface area contributed by atoms with Gasteiger partial charge in [-0.15, -0.1) is 6.58 Å². The zero-order valence-corrected chi connectivity index (χ0v) is 13.0. The highest BCUT2D eigenvalue weighted by Gasteiger charge is 2.10. The van der Waals surface area contributed by atoms with Gasteiger partial charge in [-0.1, -0.05) is 6.08 Å². The Morgan fingerprint density at radius 2 is 2.05 bits per heavy atom. The van der Waals surface area contributed by atoms with Crippen molar-refractivity contribution in [2.24, 2.45) is 5.14 Å². The molecule has 0 aliphatic carbocycles. The van der Waals surface area contributed by atoms with Crippen LogP contribution >= 0.6 is 15.9 Å². The summed E-state index contributed by atoms with van der Waals surface area (Å²) < 4.78 is 28.5. The monoisotopic (exact) mass is 347 g/mol. The lowest BCUT2D eigenvalue weighted by Gasteiger charge is -2.09. The number of sulfonamides is 1. The first-order chi connectivity index (χ1) is 8.95. The number of ether oxygens (including phenoxy) is 1. The van der Waals surface area contributed by atoms with Crippen LogP contribution in [0.5, 0.6) is 5.75 Å². The van der Waals surface area contributed by atoms with Gasteiger partial charge in [0.05, 0.1) is 16.0 Å². The smallest absolute Gasteiger partial charge is 0.238 e. The van der Waals surface area contributed by atoms with E-state index in [4.69, 9.17) is 9.88 Å². The Kier molecular flexibility index (Phi) is 6.54. The Morgan fingerprint density at radius 3 is 2.63 bits per heavy atom. The van der Waals surface area contributed by atoms with Gasteiger partial charge in [-0.2, -0.15) is 0 Å². The van der Waals surface area contributed by atoms with Crippen molar-refractivity contribution in [2.45, 2.75) is 30.6 Å². The fourth-order valence-electron chi connectivity index (χ4n) is 1.53. The Balaban J connectivity index is 2.49. The number of allylic oxidation sites excluding steroid dienone is 1. The molecule has 1 rings (SSSR count). The second kappa shape index (κ2) is 7.67. The molecule has 0 unspecified atom stereocenters. The second-order valence-corrected chi connectivity index (χ2v) is 6.54. The van der Waals surface area contributed by atoms with Gasteiger partial charge in [0, 0.05) is 0 Å². The van der Waals surface area contributed by atoms with Gasteiger partial charge in [-0.3, -0.25) is 0 Å². The lowest BCUT2D eigenvalue weighted by molar-refractivity contribution is 0.303. The summed E-state index contributed by atoms with van der Waals surface area (Å²) in [4.78, 5) is 0.0673. The Bertz CT molecular complexity index is 529. The van der Waals surface area contributed by atoms with E-state index >= 15 is 0 Å². The van der Waals surface area contributed by atoms with Crippen LogP contribution in [0.1, 0.15) is 25.7 Å². The van der Waals surface area contributed by atoms with Crippen LogP contribution in [0.2, 0.25) is 0 Å². The van der Waals surface area contributed by atoms with Crippen LogP contribution in [0.15, 0.2) is 40.2 Å². The van der Waals surface area contributed by atoms with Gasteiger partial charge in [-0.25, -0.2) is 13.6 Å². The molecule has 0 saturated heterocycles. The number of hydrogen-bond donors (Lipinski definition) is 1. The van der Waals surface area contributed by atoms with E-state index in [9.17, 15) is 8.42 Å². The van der Waals surface area contributed by atoms with E-state index in [1.807, 2.05) is 6.08 Å². The summed E-state index contributed by atoms with van der Waals surface area (Å²) in [6, 6.07) is 4.49. The van der Waals surface area contributed by atoms with Gasteiger partial charge < -0.3 is 4.74 Å². The standard InChI is InChI=1S/C13H18BrNO3S/c1-2-3-4-5-6-9-18-13-8-7-11(10-12(13)14)19(15,16)17/h2,7-8,10H,1,3-6,9H2,(H2,15,16,17). The molecule has 106 valence electrons. The molecular formula is C13H18BrNO3S. The molecule has 0 radical (unpaired) electrons. The van der Waals surface area contributed by atoms with Crippen molar-refractivity contribution in [3.8, 4) is 5.75 Å². The first-order valence-corrected chi connectivity index (χ1v) is 8.35. The molecule has 0 atom stereocenters. The highest BCUT2D eigenvalue weighted by molar-refractivity contribution is 9.10. The minimum absolute atomic E-state index is 0.0673. The quantitative estimate of drug-likeness (QED) is 0.579. The van der Waals surface area contributed by atoms with Crippen LogP contribution in [-0.2, 0) is 10.0 Å². The van der Waals surface area contributed by atoms with Gasteiger partial charge in [0.15, 0.2) is 0 Å². The highest BCUT2D eigenvalue weighted by Crippen LogP contribution is 2.27. The van der Waals surface area contributed by atoms with Crippen LogP contribution in [0.4, 0.5) is 0 Å². The van der Waals surface area contributed by atoms with Crippen molar-refractivity contribution in [1.29, 1.82) is 0 Å². The molecule has 0 spiro atoms. The predicted molar refractivity (Wildman–Crippen MR) is 79.7 cm³/mol. The van der Waals surface area contributed by atoms with E-state index in [1.54, 1.807) is 6.07 Å². The summed E-state index contributed by atoms with van der Waals surface area (Å²) in [5.41, 5.74) is 0. The van der Waals surface area contributed by atoms with Crippen LogP contribution in [-0.4, -0.2) is 15.0 Å². The first-order valence-electron chi connectivity index (χ1n) is 6.01. The summed E-state index contributed by atoms with van der Waals surface area (Å²) in [6.07, 6.45) is 6.07. The molecule has 2 N–H and O–H groups in total. The van der Waals surface area contributed by atoms with Crippen molar-refractivity contribution >= 4 is 26.0 Å². The number of hydrogen-bond acceptors (Lipinski definition) is 3. The topological polar surface area (TPSA) is 69.4 Å². The largest absolute Gasteiger partial charge is 0.492 e. The van der Waals surface area contributed by atoms with Gasteiger partial charge in [-0.05, 0) is 59.8 Å². The summed E-state index contributed by atoms with van der Waals surface area (Å²) >= 11 is 3.28. The van der Waals surface area contributed by atoms with Crippen molar-refractivity contribution in [1.82, 2.24) is 0 Å². The minimum Gasteiger partial charge on any atom is -0.492 e. The lowest BCUT2D eigenvalue weighted by Crippen LogP contribution is -2.12. The number of nitrogens with two attached hydrogens (primary N) is 1. The van der Waals surface area contributed by atoms with Crippen LogP contribution in [0.25, 0.3) is 0 Å². The van der Waals surface area contributed by atoms with Crippen LogP contribution in [0, 0.1) is 0 Å². The average molecular weight is 348 g/mol. The molecule has 0 amide bonds. The maximum Gasteiger partial charge on any atom is 0.238 e. The molecule has 0 bridgehead atoms. The number of benzene rings is 1. The summed E-state index contributed by atoms with van der Waals surface area (Å²) in [5, 5.41) is 5.05. The van der Waals surface area contributed by atoms with E-state index in [0.29, 0.717) is 16.8 Å². The van der Waals surface area contributed by atoms with E-state index in [-0.39, 0.29) is 4.90 Å². The minimum atomic E-state index is -3.67. The average Bonchev–Trinajstić information content (AvgIpc) is 2.34. The van der Waals surface area contributed by atoms with Gasteiger partial charge in [0.1, 0.15) is 5.75 Å². The fourth-order valence-corrected chi connectivity index (χ4v) is 2.71. The molecule has 4 nitrogen and oxygen atoms in total.